The third kappa shape index (κ3) is 5.79. The van der Waals surface area contributed by atoms with E-state index in [1.165, 1.54) is 0 Å². The van der Waals surface area contributed by atoms with Crippen LogP contribution in [0, 0.1) is 11.8 Å². The molecule has 0 fully saturated rings. The molecule has 1 amide bonds. The molecule has 4 nitrogen and oxygen atoms in total. The molecule has 4 heteroatoms. The number of carbonyl (C=O) groups is 1. The summed E-state index contributed by atoms with van der Waals surface area (Å²) in [6.45, 7) is 10.5. The summed E-state index contributed by atoms with van der Waals surface area (Å²) in [6.07, 6.45) is -0.558. The van der Waals surface area contributed by atoms with Crippen LogP contribution in [0.5, 0.6) is 0 Å². The first kappa shape index (κ1) is 18.1. The van der Waals surface area contributed by atoms with Gasteiger partial charge in [0, 0.05) is 5.56 Å². The molecule has 1 atom stereocenters. The Morgan fingerprint density at radius 1 is 1.18 bits per heavy atom. The second kappa shape index (κ2) is 6.85. The molecule has 0 spiro atoms. The Kier molecular flexibility index (Phi) is 5.62. The number of hydrogen-bond donors (Lipinski definition) is 2. The van der Waals surface area contributed by atoms with E-state index in [9.17, 15) is 9.90 Å². The Labute approximate surface area is 132 Å². The van der Waals surface area contributed by atoms with Crippen molar-refractivity contribution in [3.8, 4) is 11.8 Å². The highest BCUT2D eigenvalue weighted by molar-refractivity contribution is 5.68. The molecule has 0 saturated heterocycles. The van der Waals surface area contributed by atoms with E-state index in [0.29, 0.717) is 0 Å². The molecule has 22 heavy (non-hydrogen) atoms. The van der Waals surface area contributed by atoms with E-state index in [0.717, 1.165) is 11.1 Å². The van der Waals surface area contributed by atoms with Gasteiger partial charge in [-0.1, -0.05) is 18.1 Å². The molecule has 1 rings (SSSR count). The predicted octanol–water partition coefficient (Wildman–Crippen LogP) is 3.39. The number of hydrogen-bond acceptors (Lipinski definition) is 3. The summed E-state index contributed by atoms with van der Waals surface area (Å²) in [6, 6.07) is 6.84. The fourth-order valence-electron chi connectivity index (χ4n) is 2.00. The smallest absolute Gasteiger partial charge is 0.408 e. The van der Waals surface area contributed by atoms with E-state index < -0.39 is 23.3 Å². The SMILES string of the molecule is CC#Cc1ccc([C@@H](NC(=O)OC(C)(C)C)C(C)(C)O)cc1. The van der Waals surface area contributed by atoms with Gasteiger partial charge >= 0.3 is 6.09 Å². The molecule has 1 aromatic carbocycles. The van der Waals surface area contributed by atoms with Crippen molar-refractivity contribution in [3.05, 3.63) is 35.4 Å². The lowest BCUT2D eigenvalue weighted by Crippen LogP contribution is -2.44. The third-order valence-corrected chi connectivity index (χ3v) is 2.88. The Morgan fingerprint density at radius 3 is 2.14 bits per heavy atom. The number of carbonyl (C=O) groups excluding carboxylic acids is 1. The molecule has 0 heterocycles. The lowest BCUT2D eigenvalue weighted by molar-refractivity contribution is 0.0163. The molecular weight excluding hydrogens is 278 g/mol. The summed E-state index contributed by atoms with van der Waals surface area (Å²) in [5.41, 5.74) is -0.0399. The average molecular weight is 303 g/mol. The summed E-state index contributed by atoms with van der Waals surface area (Å²) in [5, 5.41) is 13.1. The van der Waals surface area contributed by atoms with Gasteiger partial charge in [0.25, 0.3) is 0 Å². The van der Waals surface area contributed by atoms with E-state index in [1.807, 2.05) is 24.3 Å². The Hall–Kier alpha value is -1.99. The third-order valence-electron chi connectivity index (χ3n) is 2.88. The first-order valence-corrected chi connectivity index (χ1v) is 7.27. The molecule has 1 aromatic rings. The normalized spacial score (nSPS) is 12.9. The number of nitrogens with one attached hydrogen (secondary N) is 1. The second-order valence-electron chi connectivity index (χ2n) is 6.73. The first-order chi connectivity index (χ1) is 10.0. The Morgan fingerprint density at radius 2 is 1.73 bits per heavy atom. The number of ether oxygens (including phenoxy) is 1. The number of benzene rings is 1. The van der Waals surface area contributed by atoms with Crippen LogP contribution < -0.4 is 5.32 Å². The van der Waals surface area contributed by atoms with Crippen molar-refractivity contribution >= 4 is 6.09 Å². The van der Waals surface area contributed by atoms with Crippen LogP contribution in [0.1, 0.15) is 58.7 Å². The second-order valence-corrected chi connectivity index (χ2v) is 6.73. The largest absolute Gasteiger partial charge is 0.444 e. The minimum atomic E-state index is -1.13. The van der Waals surface area contributed by atoms with Crippen LogP contribution >= 0.6 is 0 Å². The van der Waals surface area contributed by atoms with Crippen LogP contribution in [-0.4, -0.2) is 22.4 Å². The predicted molar refractivity (Wildman–Crippen MR) is 87.4 cm³/mol. The number of rotatable bonds is 3. The summed E-state index contributed by atoms with van der Waals surface area (Å²) >= 11 is 0. The molecule has 0 aliphatic rings. The van der Waals surface area contributed by atoms with Crippen LogP contribution in [0.3, 0.4) is 0 Å². The van der Waals surface area contributed by atoms with Crippen LogP contribution in [-0.2, 0) is 4.74 Å². The monoisotopic (exact) mass is 303 g/mol. The highest BCUT2D eigenvalue weighted by Crippen LogP contribution is 2.26. The number of amides is 1. The van der Waals surface area contributed by atoms with Crippen molar-refractivity contribution < 1.29 is 14.6 Å². The molecule has 0 bridgehead atoms. The topological polar surface area (TPSA) is 58.6 Å². The van der Waals surface area contributed by atoms with Crippen LogP contribution in [0.4, 0.5) is 4.79 Å². The van der Waals surface area contributed by atoms with E-state index in [1.54, 1.807) is 41.5 Å². The highest BCUT2D eigenvalue weighted by atomic mass is 16.6. The molecular formula is C18H25NO3. The molecule has 0 aliphatic heterocycles. The quantitative estimate of drug-likeness (QED) is 0.841. The molecule has 0 unspecified atom stereocenters. The summed E-state index contributed by atoms with van der Waals surface area (Å²) in [4.78, 5) is 12.0. The first-order valence-electron chi connectivity index (χ1n) is 7.27. The lowest BCUT2D eigenvalue weighted by atomic mass is 9.91. The van der Waals surface area contributed by atoms with Crippen molar-refractivity contribution in [2.45, 2.75) is 58.8 Å². The maximum Gasteiger partial charge on any atom is 0.408 e. The molecule has 0 saturated carbocycles. The minimum Gasteiger partial charge on any atom is -0.444 e. The van der Waals surface area contributed by atoms with Crippen molar-refractivity contribution in [1.29, 1.82) is 0 Å². The van der Waals surface area contributed by atoms with Gasteiger partial charge in [0.15, 0.2) is 0 Å². The highest BCUT2D eigenvalue weighted by Gasteiger charge is 2.31. The average Bonchev–Trinajstić information content (AvgIpc) is 2.34. The van der Waals surface area contributed by atoms with Crippen LogP contribution in [0.25, 0.3) is 0 Å². The van der Waals surface area contributed by atoms with Crippen molar-refractivity contribution in [2.75, 3.05) is 0 Å². The Balaban J connectivity index is 2.98. The fourth-order valence-corrected chi connectivity index (χ4v) is 2.00. The van der Waals surface area contributed by atoms with Gasteiger partial charge in [-0.3, -0.25) is 0 Å². The maximum atomic E-state index is 12.0. The fraction of sp³-hybridized carbons (Fsp3) is 0.500. The minimum absolute atomic E-state index is 0.558. The summed E-state index contributed by atoms with van der Waals surface area (Å²) < 4.78 is 5.26. The zero-order valence-corrected chi connectivity index (χ0v) is 14.2. The van der Waals surface area contributed by atoms with Crippen molar-refractivity contribution in [2.24, 2.45) is 0 Å². The van der Waals surface area contributed by atoms with E-state index >= 15 is 0 Å². The Bertz CT molecular complexity index is 566. The van der Waals surface area contributed by atoms with Crippen LogP contribution in [0.2, 0.25) is 0 Å². The van der Waals surface area contributed by atoms with E-state index in [-0.39, 0.29) is 0 Å². The van der Waals surface area contributed by atoms with Gasteiger partial charge in [-0.2, -0.15) is 0 Å². The summed E-state index contributed by atoms with van der Waals surface area (Å²) in [7, 11) is 0. The number of aliphatic hydroxyl groups is 1. The maximum absolute atomic E-state index is 12.0. The molecule has 2 N–H and O–H groups in total. The lowest BCUT2D eigenvalue weighted by Gasteiger charge is -2.31. The molecule has 0 radical (unpaired) electrons. The summed E-state index contributed by atoms with van der Waals surface area (Å²) in [5.74, 6) is 5.79. The molecule has 0 aromatic heterocycles. The van der Waals surface area contributed by atoms with Gasteiger partial charge in [0.05, 0.1) is 11.6 Å². The van der Waals surface area contributed by atoms with Gasteiger partial charge in [0.1, 0.15) is 5.60 Å². The van der Waals surface area contributed by atoms with E-state index in [4.69, 9.17) is 4.74 Å². The van der Waals surface area contributed by atoms with Gasteiger partial charge in [-0.05, 0) is 59.2 Å². The van der Waals surface area contributed by atoms with Gasteiger partial charge in [-0.25, -0.2) is 4.79 Å². The van der Waals surface area contributed by atoms with Gasteiger partial charge < -0.3 is 15.2 Å². The van der Waals surface area contributed by atoms with Crippen molar-refractivity contribution in [3.63, 3.8) is 0 Å². The van der Waals surface area contributed by atoms with Crippen molar-refractivity contribution in [1.82, 2.24) is 5.32 Å². The van der Waals surface area contributed by atoms with E-state index in [2.05, 4.69) is 17.2 Å². The molecule has 120 valence electrons. The van der Waals surface area contributed by atoms with Crippen LogP contribution in [0.15, 0.2) is 24.3 Å². The van der Waals surface area contributed by atoms with Gasteiger partial charge in [0.2, 0.25) is 0 Å². The van der Waals surface area contributed by atoms with Gasteiger partial charge in [-0.15, -0.1) is 5.92 Å². The zero-order valence-electron chi connectivity index (χ0n) is 14.2. The number of alkyl carbamates (subject to hydrolysis) is 1. The molecule has 0 aliphatic carbocycles. The standard InChI is InChI=1S/C18H25NO3/c1-7-8-13-9-11-14(12-10-13)15(18(5,6)21)19-16(20)22-17(2,3)4/h9-12,15,21H,1-6H3,(H,19,20)/t15-/m1/s1. The zero-order chi connectivity index (χ0) is 17.0.